The Labute approximate surface area is 104 Å². The second kappa shape index (κ2) is 7.67. The minimum absolute atomic E-state index is 0.0124. The molecule has 3 N–H and O–H groups in total. The number of amides is 1. The van der Waals surface area contributed by atoms with Crippen LogP contribution in [0.5, 0.6) is 0 Å². The van der Waals surface area contributed by atoms with E-state index in [4.69, 9.17) is 10.5 Å². The SMILES string of the molecule is CCC(C)NC(=O)COCC1CCCC1CN. The Bertz CT molecular complexity index is 233. The van der Waals surface area contributed by atoms with Gasteiger partial charge in [0.15, 0.2) is 0 Å². The van der Waals surface area contributed by atoms with Gasteiger partial charge in [0.1, 0.15) is 6.61 Å². The third-order valence-corrected chi connectivity index (χ3v) is 3.70. The van der Waals surface area contributed by atoms with Crippen molar-refractivity contribution in [3.05, 3.63) is 0 Å². The summed E-state index contributed by atoms with van der Waals surface area (Å²) in [6.07, 6.45) is 4.59. The summed E-state index contributed by atoms with van der Waals surface area (Å²) in [6, 6.07) is 0.231. The fraction of sp³-hybridized carbons (Fsp3) is 0.923. The number of rotatable bonds is 7. The minimum atomic E-state index is -0.0124. The fourth-order valence-corrected chi connectivity index (χ4v) is 2.36. The van der Waals surface area contributed by atoms with E-state index in [1.165, 1.54) is 19.3 Å². The Hall–Kier alpha value is -0.610. The zero-order chi connectivity index (χ0) is 12.7. The molecule has 17 heavy (non-hydrogen) atoms. The van der Waals surface area contributed by atoms with Gasteiger partial charge in [-0.3, -0.25) is 4.79 Å². The summed E-state index contributed by atoms with van der Waals surface area (Å²) >= 11 is 0. The number of nitrogens with one attached hydrogen (secondary N) is 1. The molecule has 0 radical (unpaired) electrons. The fourth-order valence-electron chi connectivity index (χ4n) is 2.36. The molecule has 1 aliphatic carbocycles. The van der Waals surface area contributed by atoms with E-state index in [9.17, 15) is 4.79 Å². The molecule has 0 bridgehead atoms. The average molecular weight is 242 g/mol. The van der Waals surface area contributed by atoms with Gasteiger partial charge < -0.3 is 15.8 Å². The van der Waals surface area contributed by atoms with E-state index in [1.54, 1.807) is 0 Å². The molecule has 4 heteroatoms. The van der Waals surface area contributed by atoms with Crippen LogP contribution in [0.15, 0.2) is 0 Å². The second-order valence-corrected chi connectivity index (χ2v) is 5.08. The molecule has 3 atom stereocenters. The monoisotopic (exact) mass is 242 g/mol. The van der Waals surface area contributed by atoms with Crippen molar-refractivity contribution in [1.29, 1.82) is 0 Å². The van der Waals surface area contributed by atoms with Crippen LogP contribution in [0.3, 0.4) is 0 Å². The molecule has 0 heterocycles. The van der Waals surface area contributed by atoms with Crippen LogP contribution in [0.2, 0.25) is 0 Å². The van der Waals surface area contributed by atoms with Crippen LogP contribution in [-0.2, 0) is 9.53 Å². The van der Waals surface area contributed by atoms with Crippen molar-refractivity contribution < 1.29 is 9.53 Å². The molecule has 0 aromatic rings. The van der Waals surface area contributed by atoms with E-state index in [2.05, 4.69) is 12.2 Å². The lowest BCUT2D eigenvalue weighted by Crippen LogP contribution is -2.35. The first-order chi connectivity index (χ1) is 8.17. The van der Waals surface area contributed by atoms with Gasteiger partial charge >= 0.3 is 0 Å². The largest absolute Gasteiger partial charge is 0.371 e. The Balaban J connectivity index is 2.12. The van der Waals surface area contributed by atoms with Crippen molar-refractivity contribution in [2.45, 2.75) is 45.6 Å². The molecule has 0 aliphatic heterocycles. The highest BCUT2D eigenvalue weighted by Gasteiger charge is 2.26. The molecule has 1 aliphatic rings. The Kier molecular flexibility index (Phi) is 6.52. The van der Waals surface area contributed by atoms with E-state index >= 15 is 0 Å². The van der Waals surface area contributed by atoms with Crippen molar-refractivity contribution >= 4 is 5.91 Å². The number of carbonyl (C=O) groups excluding carboxylic acids is 1. The maximum atomic E-state index is 11.5. The van der Waals surface area contributed by atoms with Crippen LogP contribution in [0.25, 0.3) is 0 Å². The number of ether oxygens (including phenoxy) is 1. The summed E-state index contributed by atoms with van der Waals surface area (Å²) in [4.78, 5) is 11.5. The molecular weight excluding hydrogens is 216 g/mol. The van der Waals surface area contributed by atoms with Gasteiger partial charge in [-0.25, -0.2) is 0 Å². The van der Waals surface area contributed by atoms with Crippen molar-refractivity contribution in [2.75, 3.05) is 19.8 Å². The highest BCUT2D eigenvalue weighted by atomic mass is 16.5. The number of nitrogens with two attached hydrogens (primary N) is 1. The molecule has 4 nitrogen and oxygen atoms in total. The molecule has 1 fully saturated rings. The van der Waals surface area contributed by atoms with Crippen LogP contribution in [0.1, 0.15) is 39.5 Å². The maximum Gasteiger partial charge on any atom is 0.246 e. The highest BCUT2D eigenvalue weighted by molar-refractivity contribution is 5.77. The normalized spacial score (nSPS) is 25.8. The average Bonchev–Trinajstić information content (AvgIpc) is 2.76. The van der Waals surface area contributed by atoms with Gasteiger partial charge in [-0.1, -0.05) is 13.3 Å². The third kappa shape index (κ3) is 5.04. The Morgan fingerprint density at radius 1 is 1.47 bits per heavy atom. The first-order valence-electron chi connectivity index (χ1n) is 6.74. The molecule has 1 saturated carbocycles. The van der Waals surface area contributed by atoms with Gasteiger partial charge in [0.2, 0.25) is 5.91 Å². The lowest BCUT2D eigenvalue weighted by atomic mass is 9.97. The van der Waals surface area contributed by atoms with E-state index in [-0.39, 0.29) is 18.6 Å². The molecule has 0 aromatic heterocycles. The molecule has 1 rings (SSSR count). The van der Waals surface area contributed by atoms with Crippen LogP contribution in [0.4, 0.5) is 0 Å². The Morgan fingerprint density at radius 3 is 2.82 bits per heavy atom. The predicted molar refractivity (Wildman–Crippen MR) is 68.6 cm³/mol. The van der Waals surface area contributed by atoms with E-state index < -0.39 is 0 Å². The summed E-state index contributed by atoms with van der Waals surface area (Å²) in [5, 5.41) is 2.89. The van der Waals surface area contributed by atoms with Gasteiger partial charge in [-0.2, -0.15) is 0 Å². The van der Waals surface area contributed by atoms with Crippen LogP contribution in [-0.4, -0.2) is 31.7 Å². The molecule has 0 spiro atoms. The molecule has 0 aromatic carbocycles. The standard InChI is InChI=1S/C13H26N2O2/c1-3-10(2)15-13(16)9-17-8-12-6-4-5-11(12)7-14/h10-12H,3-9,14H2,1-2H3,(H,15,16). The summed E-state index contributed by atoms with van der Waals surface area (Å²) in [5.74, 6) is 1.13. The van der Waals surface area contributed by atoms with E-state index in [0.717, 1.165) is 13.0 Å². The van der Waals surface area contributed by atoms with Crippen molar-refractivity contribution in [3.63, 3.8) is 0 Å². The topological polar surface area (TPSA) is 64.3 Å². The third-order valence-electron chi connectivity index (χ3n) is 3.70. The number of hydrogen-bond acceptors (Lipinski definition) is 3. The van der Waals surface area contributed by atoms with Crippen molar-refractivity contribution in [1.82, 2.24) is 5.32 Å². The van der Waals surface area contributed by atoms with Crippen LogP contribution < -0.4 is 11.1 Å². The minimum Gasteiger partial charge on any atom is -0.371 e. The number of carbonyl (C=O) groups is 1. The number of hydrogen-bond donors (Lipinski definition) is 2. The maximum absolute atomic E-state index is 11.5. The molecule has 100 valence electrons. The lowest BCUT2D eigenvalue weighted by molar-refractivity contribution is -0.126. The van der Waals surface area contributed by atoms with Gasteiger partial charge in [0, 0.05) is 6.04 Å². The van der Waals surface area contributed by atoms with E-state index in [0.29, 0.717) is 18.4 Å². The van der Waals surface area contributed by atoms with Gasteiger partial charge in [0.25, 0.3) is 0 Å². The summed E-state index contributed by atoms with van der Waals surface area (Å²) in [5.41, 5.74) is 5.70. The molecule has 0 saturated heterocycles. The Morgan fingerprint density at radius 2 is 2.18 bits per heavy atom. The lowest BCUT2D eigenvalue weighted by Gasteiger charge is -2.18. The summed E-state index contributed by atoms with van der Waals surface area (Å²) in [7, 11) is 0. The van der Waals surface area contributed by atoms with Crippen molar-refractivity contribution in [2.24, 2.45) is 17.6 Å². The zero-order valence-electron chi connectivity index (χ0n) is 11.1. The zero-order valence-corrected chi connectivity index (χ0v) is 11.1. The van der Waals surface area contributed by atoms with Crippen LogP contribution in [0, 0.1) is 11.8 Å². The van der Waals surface area contributed by atoms with Gasteiger partial charge in [0.05, 0.1) is 6.61 Å². The summed E-state index contributed by atoms with van der Waals surface area (Å²) < 4.78 is 5.49. The predicted octanol–water partition coefficient (Wildman–Crippen LogP) is 1.29. The van der Waals surface area contributed by atoms with Gasteiger partial charge in [-0.15, -0.1) is 0 Å². The quantitative estimate of drug-likeness (QED) is 0.707. The molecule has 1 amide bonds. The van der Waals surface area contributed by atoms with Gasteiger partial charge in [-0.05, 0) is 44.6 Å². The molecule has 3 unspecified atom stereocenters. The van der Waals surface area contributed by atoms with Crippen molar-refractivity contribution in [3.8, 4) is 0 Å². The highest BCUT2D eigenvalue weighted by Crippen LogP contribution is 2.30. The second-order valence-electron chi connectivity index (χ2n) is 5.08. The first-order valence-corrected chi connectivity index (χ1v) is 6.74. The van der Waals surface area contributed by atoms with E-state index in [1.807, 2.05) is 6.92 Å². The van der Waals surface area contributed by atoms with Crippen LogP contribution >= 0.6 is 0 Å². The first kappa shape index (κ1) is 14.5. The molecular formula is C13H26N2O2. The smallest absolute Gasteiger partial charge is 0.246 e. The summed E-state index contributed by atoms with van der Waals surface area (Å²) in [6.45, 7) is 5.65.